The van der Waals surface area contributed by atoms with Crippen LogP contribution in [0.3, 0.4) is 0 Å². The maximum atomic E-state index is 6.50. The standard InChI is InChI=1S/C36H24N2O2/c1-2-10-25(11-3-1)37-28-13-5-4-12-26(28)27-20-23(18-19-29(27)37)24-21-34-36-35(22-24)40-33-17-9-7-15-31(33)38(36)30-14-6-8-16-32(30)39-34/h1-4,6-12,14-22H,5,13H2. The molecule has 0 saturated heterocycles. The molecule has 0 unspecified atom stereocenters. The molecule has 6 aromatic rings. The Hall–Kier alpha value is -5.22. The third-order valence-corrected chi connectivity index (χ3v) is 8.20. The molecular formula is C36H24N2O2. The van der Waals surface area contributed by atoms with Gasteiger partial charge in [0.25, 0.3) is 0 Å². The minimum absolute atomic E-state index is 0.796. The summed E-state index contributed by atoms with van der Waals surface area (Å²) in [5.74, 6) is 3.27. The highest BCUT2D eigenvalue weighted by Crippen LogP contribution is 2.60. The van der Waals surface area contributed by atoms with Crippen LogP contribution in [-0.4, -0.2) is 4.57 Å². The van der Waals surface area contributed by atoms with E-state index in [-0.39, 0.29) is 0 Å². The molecule has 0 atom stereocenters. The van der Waals surface area contributed by atoms with Gasteiger partial charge in [0.05, 0.1) is 16.9 Å². The van der Waals surface area contributed by atoms with Crippen LogP contribution in [0, 0.1) is 0 Å². The lowest BCUT2D eigenvalue weighted by Crippen LogP contribution is -2.20. The minimum atomic E-state index is 0.796. The first kappa shape index (κ1) is 21.7. The number of ether oxygens (including phenoxy) is 2. The number of nitrogens with zero attached hydrogens (tertiary/aromatic N) is 2. The molecule has 0 bridgehead atoms. The summed E-state index contributed by atoms with van der Waals surface area (Å²) in [4.78, 5) is 2.26. The van der Waals surface area contributed by atoms with Crippen molar-refractivity contribution in [2.45, 2.75) is 12.8 Å². The van der Waals surface area contributed by atoms with Crippen LogP contribution in [0.15, 0.2) is 115 Å². The fourth-order valence-corrected chi connectivity index (χ4v) is 6.46. The van der Waals surface area contributed by atoms with Crippen molar-refractivity contribution >= 4 is 34.0 Å². The van der Waals surface area contributed by atoms with Crippen molar-refractivity contribution in [2.24, 2.45) is 0 Å². The maximum Gasteiger partial charge on any atom is 0.156 e. The predicted molar refractivity (Wildman–Crippen MR) is 161 cm³/mol. The van der Waals surface area contributed by atoms with E-state index in [1.165, 1.54) is 27.8 Å². The second kappa shape index (κ2) is 8.14. The Balaban J connectivity index is 1.25. The van der Waals surface area contributed by atoms with E-state index in [4.69, 9.17) is 9.47 Å². The molecule has 0 fully saturated rings. The van der Waals surface area contributed by atoms with Crippen molar-refractivity contribution in [3.8, 4) is 39.8 Å². The maximum absolute atomic E-state index is 6.50. The molecule has 4 heteroatoms. The Morgan fingerprint density at radius 2 is 1.27 bits per heavy atom. The Bertz CT molecular complexity index is 1950. The van der Waals surface area contributed by atoms with Gasteiger partial charge in [0.2, 0.25) is 0 Å². The van der Waals surface area contributed by atoms with Crippen LogP contribution >= 0.6 is 0 Å². The molecule has 40 heavy (non-hydrogen) atoms. The quantitative estimate of drug-likeness (QED) is 0.229. The highest BCUT2D eigenvalue weighted by Gasteiger charge is 2.35. The third kappa shape index (κ3) is 3.02. The number of anilines is 3. The molecule has 1 aromatic heterocycles. The zero-order chi connectivity index (χ0) is 26.2. The summed E-state index contributed by atoms with van der Waals surface area (Å²) in [7, 11) is 0. The van der Waals surface area contributed by atoms with Gasteiger partial charge in [0, 0.05) is 22.3 Å². The largest absolute Gasteiger partial charge is 0.453 e. The molecular weight excluding hydrogens is 492 g/mol. The number of benzene rings is 5. The van der Waals surface area contributed by atoms with Crippen molar-refractivity contribution < 1.29 is 9.47 Å². The second-order valence-corrected chi connectivity index (χ2v) is 10.5. The van der Waals surface area contributed by atoms with E-state index in [2.05, 4.69) is 94.4 Å². The molecule has 0 N–H and O–H groups in total. The van der Waals surface area contributed by atoms with Crippen LogP contribution in [-0.2, 0) is 6.42 Å². The van der Waals surface area contributed by atoms with Crippen LogP contribution in [0.25, 0.3) is 33.8 Å². The van der Waals surface area contributed by atoms with Crippen LogP contribution < -0.4 is 14.4 Å². The molecule has 3 heterocycles. The summed E-state index contributed by atoms with van der Waals surface area (Å²) in [5.41, 5.74) is 10.3. The molecule has 2 aliphatic heterocycles. The molecule has 4 nitrogen and oxygen atoms in total. The number of hydrogen-bond acceptors (Lipinski definition) is 3. The summed E-state index contributed by atoms with van der Waals surface area (Å²) >= 11 is 0. The molecule has 9 rings (SSSR count). The molecule has 0 radical (unpaired) electrons. The molecule has 0 amide bonds. The van der Waals surface area contributed by atoms with Crippen molar-refractivity contribution in [3.63, 3.8) is 0 Å². The first-order valence-corrected chi connectivity index (χ1v) is 13.8. The van der Waals surface area contributed by atoms with Gasteiger partial charge < -0.3 is 14.0 Å². The highest BCUT2D eigenvalue weighted by molar-refractivity contribution is 5.98. The number of aromatic nitrogens is 1. The van der Waals surface area contributed by atoms with Gasteiger partial charge in [-0.2, -0.15) is 0 Å². The average molecular weight is 517 g/mol. The van der Waals surface area contributed by atoms with Gasteiger partial charge in [0.1, 0.15) is 5.69 Å². The van der Waals surface area contributed by atoms with E-state index in [1.807, 2.05) is 36.4 Å². The van der Waals surface area contributed by atoms with Gasteiger partial charge >= 0.3 is 0 Å². The fourth-order valence-electron chi connectivity index (χ4n) is 6.46. The first-order valence-electron chi connectivity index (χ1n) is 13.8. The Kier molecular flexibility index (Phi) is 4.41. The molecule has 190 valence electrons. The smallest absolute Gasteiger partial charge is 0.156 e. The van der Waals surface area contributed by atoms with Gasteiger partial charge in [-0.05, 0) is 84.6 Å². The molecule has 0 spiro atoms. The Morgan fingerprint density at radius 3 is 2.00 bits per heavy atom. The predicted octanol–water partition coefficient (Wildman–Crippen LogP) is 9.94. The average Bonchev–Trinajstić information content (AvgIpc) is 3.35. The van der Waals surface area contributed by atoms with E-state index in [1.54, 1.807) is 0 Å². The normalized spacial score (nSPS) is 14.1. The zero-order valence-corrected chi connectivity index (χ0v) is 21.7. The van der Waals surface area contributed by atoms with E-state index >= 15 is 0 Å². The molecule has 3 aliphatic rings. The summed E-state index contributed by atoms with van der Waals surface area (Å²) < 4.78 is 15.4. The van der Waals surface area contributed by atoms with Crippen LogP contribution in [0.5, 0.6) is 23.0 Å². The van der Waals surface area contributed by atoms with E-state index in [0.29, 0.717) is 0 Å². The van der Waals surface area contributed by atoms with Crippen LogP contribution in [0.1, 0.15) is 17.7 Å². The highest BCUT2D eigenvalue weighted by atomic mass is 16.5. The second-order valence-electron chi connectivity index (χ2n) is 10.5. The van der Waals surface area contributed by atoms with Crippen molar-refractivity contribution in [1.29, 1.82) is 0 Å². The SMILES string of the molecule is C1=Cc2c(n(-c3ccccc3)c3ccc(-c4cc5c6c(c4)Oc4ccccc4N6c4ccccc4O5)cc23)CC1. The van der Waals surface area contributed by atoms with Gasteiger partial charge in [0.15, 0.2) is 23.0 Å². The number of rotatable bonds is 2. The lowest BCUT2D eigenvalue weighted by molar-refractivity contribution is 0.446. The van der Waals surface area contributed by atoms with E-state index < -0.39 is 0 Å². The van der Waals surface area contributed by atoms with E-state index in [0.717, 1.165) is 64.0 Å². The van der Waals surface area contributed by atoms with Gasteiger partial charge in [-0.1, -0.05) is 60.7 Å². The van der Waals surface area contributed by atoms with Crippen LogP contribution in [0.4, 0.5) is 17.1 Å². The first-order chi connectivity index (χ1) is 19.8. The van der Waals surface area contributed by atoms with Crippen LogP contribution in [0.2, 0.25) is 0 Å². The summed E-state index contributed by atoms with van der Waals surface area (Å²) in [6.45, 7) is 0. The number of fused-ring (bicyclic) bond motifs is 7. The van der Waals surface area contributed by atoms with E-state index in [9.17, 15) is 0 Å². The zero-order valence-electron chi connectivity index (χ0n) is 21.7. The monoisotopic (exact) mass is 516 g/mol. The number of allylic oxidation sites excluding steroid dienone is 1. The molecule has 0 saturated carbocycles. The lowest BCUT2D eigenvalue weighted by Gasteiger charge is -2.38. The topological polar surface area (TPSA) is 26.6 Å². The third-order valence-electron chi connectivity index (χ3n) is 8.20. The van der Waals surface area contributed by atoms with Gasteiger partial charge in [-0.15, -0.1) is 0 Å². The van der Waals surface area contributed by atoms with Crippen molar-refractivity contribution in [2.75, 3.05) is 4.90 Å². The summed E-state index contributed by atoms with van der Waals surface area (Å²) in [5, 5.41) is 1.26. The molecule has 1 aliphatic carbocycles. The lowest BCUT2D eigenvalue weighted by atomic mass is 9.97. The molecule has 5 aromatic carbocycles. The Morgan fingerprint density at radius 1 is 0.600 bits per heavy atom. The Labute approximate surface area is 232 Å². The number of para-hydroxylation sites is 5. The summed E-state index contributed by atoms with van der Waals surface area (Å²) in [6, 6.07) is 38.1. The summed E-state index contributed by atoms with van der Waals surface area (Å²) in [6.07, 6.45) is 6.67. The minimum Gasteiger partial charge on any atom is -0.453 e. The van der Waals surface area contributed by atoms with Gasteiger partial charge in [-0.25, -0.2) is 0 Å². The van der Waals surface area contributed by atoms with Crippen molar-refractivity contribution in [3.05, 3.63) is 127 Å². The number of hydrogen-bond donors (Lipinski definition) is 0. The van der Waals surface area contributed by atoms with Crippen molar-refractivity contribution in [1.82, 2.24) is 4.57 Å². The van der Waals surface area contributed by atoms with Gasteiger partial charge in [-0.3, -0.25) is 4.90 Å². The fraction of sp³-hybridized carbons (Fsp3) is 0.0556.